The third-order valence-electron chi connectivity index (χ3n) is 4.96. The predicted octanol–water partition coefficient (Wildman–Crippen LogP) is 2.88. The number of carbonyl (C=O) groups is 1. The first-order chi connectivity index (χ1) is 11.4. The number of hydrogen-bond donors (Lipinski definition) is 4. The Kier molecular flexibility index (Phi) is 10.2. The molecule has 140 valence electrons. The number of carboxylic acid groups (broad SMARTS) is 1. The normalized spacial score (nSPS) is 29.0. The minimum Gasteiger partial charge on any atom is -0.481 e. The highest BCUT2D eigenvalue weighted by atomic mass is 16.4. The molecule has 24 heavy (non-hydrogen) atoms. The van der Waals surface area contributed by atoms with Gasteiger partial charge in [-0.3, -0.25) is 4.79 Å². The van der Waals surface area contributed by atoms with Crippen molar-refractivity contribution < 1.29 is 25.2 Å². The summed E-state index contributed by atoms with van der Waals surface area (Å²) in [5.41, 5.74) is 0. The van der Waals surface area contributed by atoms with E-state index in [4.69, 9.17) is 5.11 Å². The average Bonchev–Trinajstić information content (AvgIpc) is 2.51. The van der Waals surface area contributed by atoms with Crippen molar-refractivity contribution in [2.75, 3.05) is 0 Å². The molecule has 4 N–H and O–H groups in total. The van der Waals surface area contributed by atoms with Gasteiger partial charge in [-0.15, -0.1) is 0 Å². The first-order valence-corrected chi connectivity index (χ1v) is 9.38. The van der Waals surface area contributed by atoms with Crippen molar-refractivity contribution in [3.63, 3.8) is 0 Å². The Morgan fingerprint density at radius 2 is 1.92 bits per heavy atom. The molecule has 1 rings (SSSR count). The van der Waals surface area contributed by atoms with Crippen LogP contribution in [-0.2, 0) is 4.79 Å². The van der Waals surface area contributed by atoms with E-state index >= 15 is 0 Å². The molecule has 1 saturated carbocycles. The van der Waals surface area contributed by atoms with Crippen LogP contribution in [0.3, 0.4) is 0 Å². The largest absolute Gasteiger partial charge is 0.481 e. The Morgan fingerprint density at radius 3 is 2.58 bits per heavy atom. The lowest BCUT2D eigenvalue weighted by Crippen LogP contribution is -2.38. The summed E-state index contributed by atoms with van der Waals surface area (Å²) in [6, 6.07) is 0. The minimum atomic E-state index is -0.790. The van der Waals surface area contributed by atoms with E-state index < -0.39 is 24.3 Å². The van der Waals surface area contributed by atoms with E-state index in [1.165, 1.54) is 0 Å². The van der Waals surface area contributed by atoms with Gasteiger partial charge in [-0.05, 0) is 43.9 Å². The van der Waals surface area contributed by atoms with Crippen molar-refractivity contribution in [3.8, 4) is 0 Å². The van der Waals surface area contributed by atoms with E-state index in [0.717, 1.165) is 38.5 Å². The number of carboxylic acids is 1. The van der Waals surface area contributed by atoms with Gasteiger partial charge in [0.05, 0.1) is 18.3 Å². The van der Waals surface area contributed by atoms with Gasteiger partial charge in [0.25, 0.3) is 0 Å². The average molecular weight is 342 g/mol. The minimum absolute atomic E-state index is 0.0290. The number of aliphatic hydroxyl groups excluding tert-OH is 3. The van der Waals surface area contributed by atoms with Crippen molar-refractivity contribution in [1.29, 1.82) is 0 Å². The van der Waals surface area contributed by atoms with Gasteiger partial charge in [-0.2, -0.15) is 0 Å². The maximum Gasteiger partial charge on any atom is 0.303 e. The molecule has 0 aromatic rings. The maximum absolute atomic E-state index is 10.6. The van der Waals surface area contributed by atoms with Crippen LogP contribution in [0.5, 0.6) is 0 Å². The van der Waals surface area contributed by atoms with E-state index in [9.17, 15) is 20.1 Å². The number of hydrogen-bond acceptors (Lipinski definition) is 4. The molecule has 1 aliphatic rings. The highest BCUT2D eigenvalue weighted by Crippen LogP contribution is 2.35. The number of aliphatic hydroxyl groups is 3. The zero-order valence-corrected chi connectivity index (χ0v) is 14.8. The van der Waals surface area contributed by atoms with E-state index in [1.54, 1.807) is 6.08 Å². The standard InChI is InChI=1S/C19H34O5/c1-2-3-4-7-15(20)11-10-14-12-16(21)13-18(22)17(14)8-5-6-9-19(23)24/h10-11,14-18,20-22H,2-9,12-13H2,1H3,(H,23,24)/b11-10+. The van der Waals surface area contributed by atoms with Gasteiger partial charge in [0.2, 0.25) is 0 Å². The van der Waals surface area contributed by atoms with Crippen LogP contribution >= 0.6 is 0 Å². The molecule has 0 aromatic carbocycles. The van der Waals surface area contributed by atoms with Crippen LogP contribution in [0.4, 0.5) is 0 Å². The molecule has 0 aromatic heterocycles. The first-order valence-electron chi connectivity index (χ1n) is 9.38. The maximum atomic E-state index is 10.6. The van der Waals surface area contributed by atoms with Crippen LogP contribution < -0.4 is 0 Å². The summed E-state index contributed by atoms with van der Waals surface area (Å²) in [4.78, 5) is 10.6. The lowest BCUT2D eigenvalue weighted by Gasteiger charge is -2.37. The second-order valence-corrected chi connectivity index (χ2v) is 7.11. The fourth-order valence-electron chi connectivity index (χ4n) is 3.58. The van der Waals surface area contributed by atoms with Crippen molar-refractivity contribution >= 4 is 5.97 Å². The summed E-state index contributed by atoms with van der Waals surface area (Å²) >= 11 is 0. The van der Waals surface area contributed by atoms with Crippen LogP contribution in [0.25, 0.3) is 0 Å². The van der Waals surface area contributed by atoms with Crippen molar-refractivity contribution in [3.05, 3.63) is 12.2 Å². The second-order valence-electron chi connectivity index (χ2n) is 7.11. The quantitative estimate of drug-likeness (QED) is 0.342. The number of aliphatic carboxylic acids is 1. The summed E-state index contributed by atoms with van der Waals surface area (Å²) < 4.78 is 0. The van der Waals surface area contributed by atoms with Crippen LogP contribution in [0.15, 0.2) is 12.2 Å². The molecule has 1 fully saturated rings. The molecule has 0 heterocycles. The van der Waals surface area contributed by atoms with Crippen LogP contribution in [0.2, 0.25) is 0 Å². The third kappa shape index (κ3) is 8.27. The summed E-state index contributed by atoms with van der Waals surface area (Å²) in [5.74, 6) is -0.725. The first kappa shape index (κ1) is 21.1. The highest BCUT2D eigenvalue weighted by molar-refractivity contribution is 5.66. The van der Waals surface area contributed by atoms with Gasteiger partial charge in [0.1, 0.15) is 0 Å². The van der Waals surface area contributed by atoms with E-state index in [0.29, 0.717) is 19.3 Å². The molecular formula is C19H34O5. The molecule has 0 aliphatic heterocycles. The van der Waals surface area contributed by atoms with Crippen LogP contribution in [0, 0.1) is 11.8 Å². The van der Waals surface area contributed by atoms with Crippen molar-refractivity contribution in [2.24, 2.45) is 11.8 Å². The Balaban J connectivity index is 2.52. The van der Waals surface area contributed by atoms with Crippen LogP contribution in [-0.4, -0.2) is 44.7 Å². The zero-order valence-electron chi connectivity index (χ0n) is 14.8. The van der Waals surface area contributed by atoms with E-state index in [1.807, 2.05) is 6.08 Å². The van der Waals surface area contributed by atoms with Crippen molar-refractivity contribution in [2.45, 2.75) is 89.4 Å². The monoisotopic (exact) mass is 342 g/mol. The molecule has 0 spiro atoms. The predicted molar refractivity (Wildman–Crippen MR) is 93.6 cm³/mol. The molecule has 0 saturated heterocycles. The molecular weight excluding hydrogens is 308 g/mol. The van der Waals surface area contributed by atoms with Crippen LogP contribution in [0.1, 0.15) is 71.1 Å². The number of rotatable bonds is 11. The van der Waals surface area contributed by atoms with Gasteiger partial charge in [-0.25, -0.2) is 0 Å². The number of allylic oxidation sites excluding steroid dienone is 1. The number of unbranched alkanes of at least 4 members (excludes halogenated alkanes) is 3. The lowest BCUT2D eigenvalue weighted by molar-refractivity contribution is -0.137. The summed E-state index contributed by atoms with van der Waals surface area (Å²) in [7, 11) is 0. The molecule has 1 aliphatic carbocycles. The van der Waals surface area contributed by atoms with Gasteiger partial charge < -0.3 is 20.4 Å². The van der Waals surface area contributed by atoms with Gasteiger partial charge in [0, 0.05) is 6.42 Å². The molecule has 5 heteroatoms. The van der Waals surface area contributed by atoms with E-state index in [-0.39, 0.29) is 18.3 Å². The Labute approximate surface area is 145 Å². The molecule has 5 atom stereocenters. The molecule has 0 radical (unpaired) electrons. The topological polar surface area (TPSA) is 98.0 Å². The van der Waals surface area contributed by atoms with Crippen molar-refractivity contribution in [1.82, 2.24) is 0 Å². The fourth-order valence-corrected chi connectivity index (χ4v) is 3.58. The van der Waals surface area contributed by atoms with Gasteiger partial charge in [-0.1, -0.05) is 44.8 Å². The fraction of sp³-hybridized carbons (Fsp3) is 0.842. The smallest absolute Gasteiger partial charge is 0.303 e. The van der Waals surface area contributed by atoms with Gasteiger partial charge in [0.15, 0.2) is 0 Å². The molecule has 5 unspecified atom stereocenters. The second kappa shape index (κ2) is 11.6. The summed E-state index contributed by atoms with van der Waals surface area (Å²) in [6.45, 7) is 2.13. The molecule has 5 nitrogen and oxygen atoms in total. The third-order valence-corrected chi connectivity index (χ3v) is 4.96. The Hall–Kier alpha value is -0.910. The molecule has 0 amide bonds. The Morgan fingerprint density at radius 1 is 1.17 bits per heavy atom. The van der Waals surface area contributed by atoms with Gasteiger partial charge >= 0.3 is 5.97 Å². The zero-order chi connectivity index (χ0) is 17.9. The Bertz CT molecular complexity index is 382. The lowest BCUT2D eigenvalue weighted by atomic mass is 9.73. The van der Waals surface area contributed by atoms with E-state index in [2.05, 4.69) is 6.92 Å². The SMILES string of the molecule is CCCCCC(O)/C=C/C1CC(O)CC(O)C1CCCCC(=O)O. The highest BCUT2D eigenvalue weighted by Gasteiger charge is 2.34. The molecule has 0 bridgehead atoms. The summed E-state index contributed by atoms with van der Waals surface area (Å²) in [5, 5.41) is 38.9. The summed E-state index contributed by atoms with van der Waals surface area (Å²) in [6.07, 6.45) is 9.42.